The van der Waals surface area contributed by atoms with E-state index in [1.165, 1.54) is 11.8 Å². The van der Waals surface area contributed by atoms with E-state index < -0.39 is 5.97 Å². The summed E-state index contributed by atoms with van der Waals surface area (Å²) in [6.07, 6.45) is 0.605. The Bertz CT molecular complexity index is 730. The van der Waals surface area contributed by atoms with Gasteiger partial charge in [-0.1, -0.05) is 13.8 Å². The quantitative estimate of drug-likeness (QED) is 0.546. The molecule has 7 nitrogen and oxygen atoms in total. The summed E-state index contributed by atoms with van der Waals surface area (Å²) >= 11 is 1.22. The molecule has 26 heavy (non-hydrogen) atoms. The van der Waals surface area contributed by atoms with Crippen LogP contribution in [0.15, 0.2) is 22.6 Å². The monoisotopic (exact) mass is 381 g/mol. The molecule has 0 spiro atoms. The zero-order valence-corrected chi connectivity index (χ0v) is 15.9. The van der Waals surface area contributed by atoms with Crippen LogP contribution in [0, 0.1) is 6.92 Å². The maximum atomic E-state index is 10.4. The summed E-state index contributed by atoms with van der Waals surface area (Å²) in [5, 5.41) is 8.54. The fourth-order valence-corrected chi connectivity index (χ4v) is 2.72. The van der Waals surface area contributed by atoms with Crippen LogP contribution in [-0.4, -0.2) is 41.2 Å². The van der Waals surface area contributed by atoms with Gasteiger partial charge < -0.3 is 23.7 Å². The standard InChI is InChI=1S/C16H17NO6S.C2H6/c1-10-12(4-5-20-9-24-7-15(18)19)17-16(23-10)11-2-3-13-14(6-11)22-8-21-13;1-2/h2-3,6H,4-5,7-9H2,1H3,(H,18,19);1-2H3. The molecule has 3 rings (SSSR count). The van der Waals surface area contributed by atoms with Crippen LogP contribution < -0.4 is 9.47 Å². The molecule has 0 amide bonds. The molecule has 1 aliphatic rings. The molecule has 142 valence electrons. The normalized spacial score (nSPS) is 11.8. The van der Waals surface area contributed by atoms with Gasteiger partial charge in [0.15, 0.2) is 11.5 Å². The summed E-state index contributed by atoms with van der Waals surface area (Å²) in [6, 6.07) is 5.55. The van der Waals surface area contributed by atoms with Crippen molar-refractivity contribution in [2.24, 2.45) is 0 Å². The van der Waals surface area contributed by atoms with Crippen molar-refractivity contribution in [1.29, 1.82) is 0 Å². The van der Waals surface area contributed by atoms with Gasteiger partial charge in [-0.05, 0) is 25.1 Å². The molecule has 0 atom stereocenters. The van der Waals surface area contributed by atoms with E-state index >= 15 is 0 Å². The van der Waals surface area contributed by atoms with Crippen LogP contribution in [0.4, 0.5) is 0 Å². The second-order valence-corrected chi connectivity index (χ2v) is 6.04. The molecule has 1 aromatic heterocycles. The number of oxazole rings is 1. The van der Waals surface area contributed by atoms with E-state index in [0.29, 0.717) is 30.6 Å². The Morgan fingerprint density at radius 3 is 2.85 bits per heavy atom. The van der Waals surface area contributed by atoms with Gasteiger partial charge in [0.1, 0.15) is 5.76 Å². The smallest absolute Gasteiger partial charge is 0.313 e. The Hall–Kier alpha value is -2.19. The molecule has 0 unspecified atom stereocenters. The predicted octanol–water partition coefficient (Wildman–Crippen LogP) is 3.74. The molecule has 1 aromatic carbocycles. The van der Waals surface area contributed by atoms with Crippen molar-refractivity contribution in [2.45, 2.75) is 27.2 Å². The van der Waals surface area contributed by atoms with Crippen LogP contribution in [0.25, 0.3) is 11.5 Å². The molecular weight excluding hydrogens is 358 g/mol. The van der Waals surface area contributed by atoms with Crippen molar-refractivity contribution >= 4 is 17.7 Å². The minimum absolute atomic E-state index is 0.0389. The predicted molar refractivity (Wildman–Crippen MR) is 98.8 cm³/mol. The first-order chi connectivity index (χ1) is 12.6. The van der Waals surface area contributed by atoms with Gasteiger partial charge >= 0.3 is 5.97 Å². The summed E-state index contributed by atoms with van der Waals surface area (Å²) < 4.78 is 21.8. The Kier molecular flexibility index (Phi) is 7.80. The van der Waals surface area contributed by atoms with Crippen LogP contribution in [0.1, 0.15) is 25.3 Å². The molecule has 0 radical (unpaired) electrons. The molecule has 0 aliphatic carbocycles. The summed E-state index contributed by atoms with van der Waals surface area (Å²) in [5.41, 5.74) is 1.65. The average molecular weight is 381 g/mol. The highest BCUT2D eigenvalue weighted by molar-refractivity contribution is 7.99. The number of hydrogen-bond acceptors (Lipinski definition) is 7. The van der Waals surface area contributed by atoms with Gasteiger partial charge in [0, 0.05) is 12.0 Å². The van der Waals surface area contributed by atoms with E-state index in [9.17, 15) is 4.79 Å². The maximum absolute atomic E-state index is 10.4. The average Bonchev–Trinajstić information content (AvgIpc) is 3.25. The van der Waals surface area contributed by atoms with Gasteiger partial charge in [-0.3, -0.25) is 4.79 Å². The second kappa shape index (κ2) is 10.1. The molecular formula is C18H23NO6S. The summed E-state index contributed by atoms with van der Waals surface area (Å²) in [4.78, 5) is 14.9. The molecule has 2 heterocycles. The first kappa shape index (κ1) is 20.1. The Morgan fingerprint density at radius 1 is 1.31 bits per heavy atom. The Labute approximate surface area is 156 Å². The SMILES string of the molecule is CC.Cc1oc(-c2ccc3c(c2)OCO3)nc1CCOCSCC(=O)O. The molecule has 2 aromatic rings. The summed E-state index contributed by atoms with van der Waals surface area (Å²) in [5.74, 6) is 2.21. The van der Waals surface area contributed by atoms with E-state index in [4.69, 9.17) is 23.7 Å². The molecule has 0 saturated carbocycles. The highest BCUT2D eigenvalue weighted by Gasteiger charge is 2.17. The van der Waals surface area contributed by atoms with Crippen LogP contribution in [0.5, 0.6) is 11.5 Å². The highest BCUT2D eigenvalue weighted by Crippen LogP contribution is 2.36. The number of benzene rings is 1. The maximum Gasteiger partial charge on any atom is 0.313 e. The molecule has 1 aliphatic heterocycles. The van der Waals surface area contributed by atoms with E-state index in [2.05, 4.69) is 4.98 Å². The largest absolute Gasteiger partial charge is 0.481 e. The van der Waals surface area contributed by atoms with E-state index in [0.717, 1.165) is 22.8 Å². The highest BCUT2D eigenvalue weighted by atomic mass is 32.2. The second-order valence-electron chi connectivity index (χ2n) is 5.11. The third-order valence-electron chi connectivity index (χ3n) is 3.39. The molecule has 0 bridgehead atoms. The van der Waals surface area contributed by atoms with Crippen LogP contribution in [-0.2, 0) is 16.0 Å². The topological polar surface area (TPSA) is 91.0 Å². The molecule has 1 N–H and O–H groups in total. The lowest BCUT2D eigenvalue weighted by atomic mass is 10.2. The number of ether oxygens (including phenoxy) is 3. The van der Waals surface area contributed by atoms with Gasteiger partial charge in [-0.2, -0.15) is 0 Å². The van der Waals surface area contributed by atoms with Gasteiger partial charge in [0.05, 0.1) is 24.0 Å². The van der Waals surface area contributed by atoms with Crippen LogP contribution in [0.3, 0.4) is 0 Å². The first-order valence-electron chi connectivity index (χ1n) is 8.37. The number of aliphatic carboxylic acids is 1. The van der Waals surface area contributed by atoms with Crippen molar-refractivity contribution in [3.63, 3.8) is 0 Å². The number of thioether (sulfide) groups is 1. The Balaban J connectivity index is 0.00000117. The molecule has 0 saturated heterocycles. The zero-order chi connectivity index (χ0) is 18.9. The van der Waals surface area contributed by atoms with Crippen molar-refractivity contribution in [2.75, 3.05) is 25.1 Å². The number of fused-ring (bicyclic) bond motifs is 1. The lowest BCUT2D eigenvalue weighted by Crippen LogP contribution is -2.03. The van der Waals surface area contributed by atoms with Gasteiger partial charge in [0.2, 0.25) is 12.7 Å². The summed E-state index contributed by atoms with van der Waals surface area (Å²) in [6.45, 7) is 6.55. The zero-order valence-electron chi connectivity index (χ0n) is 15.1. The van der Waals surface area contributed by atoms with E-state index in [1.54, 1.807) is 0 Å². The number of aryl methyl sites for hydroxylation is 1. The number of hydrogen-bond donors (Lipinski definition) is 1. The third kappa shape index (κ3) is 5.40. The lowest BCUT2D eigenvalue weighted by Gasteiger charge is -2.01. The van der Waals surface area contributed by atoms with E-state index in [1.807, 2.05) is 39.0 Å². The van der Waals surface area contributed by atoms with Gasteiger partial charge in [0.25, 0.3) is 0 Å². The van der Waals surface area contributed by atoms with Crippen molar-refractivity contribution in [3.8, 4) is 23.0 Å². The van der Waals surface area contributed by atoms with Gasteiger partial charge in [-0.25, -0.2) is 4.98 Å². The minimum atomic E-state index is -0.843. The third-order valence-corrected chi connectivity index (χ3v) is 4.17. The molecule has 8 heteroatoms. The van der Waals surface area contributed by atoms with Crippen LogP contribution in [0.2, 0.25) is 0 Å². The number of carbonyl (C=O) groups is 1. The number of carboxylic acid groups (broad SMARTS) is 1. The Morgan fingerprint density at radius 2 is 2.08 bits per heavy atom. The lowest BCUT2D eigenvalue weighted by molar-refractivity contribution is -0.133. The number of rotatable bonds is 8. The van der Waals surface area contributed by atoms with Crippen molar-refractivity contribution in [3.05, 3.63) is 29.7 Å². The van der Waals surface area contributed by atoms with Crippen LogP contribution >= 0.6 is 11.8 Å². The number of aromatic nitrogens is 1. The van der Waals surface area contributed by atoms with Crippen molar-refractivity contribution in [1.82, 2.24) is 4.98 Å². The fourth-order valence-electron chi connectivity index (χ4n) is 2.23. The fraction of sp³-hybridized carbons (Fsp3) is 0.444. The number of carboxylic acids is 1. The minimum Gasteiger partial charge on any atom is -0.481 e. The molecule has 0 fully saturated rings. The van der Waals surface area contributed by atoms with Crippen molar-refractivity contribution < 1.29 is 28.5 Å². The summed E-state index contributed by atoms with van der Waals surface area (Å²) in [7, 11) is 0. The first-order valence-corrected chi connectivity index (χ1v) is 9.52. The van der Waals surface area contributed by atoms with Gasteiger partial charge in [-0.15, -0.1) is 11.8 Å². The number of nitrogens with zero attached hydrogens (tertiary/aromatic N) is 1. The van der Waals surface area contributed by atoms with E-state index in [-0.39, 0.29) is 12.5 Å².